The van der Waals surface area contributed by atoms with Gasteiger partial charge in [0.15, 0.2) is 0 Å². The van der Waals surface area contributed by atoms with E-state index in [4.69, 9.17) is 0 Å². The van der Waals surface area contributed by atoms with Crippen LogP contribution in [0.2, 0.25) is 0 Å². The Hall–Kier alpha value is -2.14. The molecule has 0 spiro atoms. The lowest BCUT2D eigenvalue weighted by Crippen LogP contribution is -2.32. The molecule has 4 nitrogen and oxygen atoms in total. The zero-order valence-corrected chi connectivity index (χ0v) is 16.1. The van der Waals surface area contributed by atoms with Crippen LogP contribution in [-0.2, 0) is 16.0 Å². The van der Waals surface area contributed by atoms with Gasteiger partial charge in [-0.25, -0.2) is 0 Å². The number of hydrogen-bond donors (Lipinski definition) is 1. The van der Waals surface area contributed by atoms with Crippen molar-refractivity contribution in [3.8, 4) is 0 Å². The van der Waals surface area contributed by atoms with E-state index in [0.29, 0.717) is 12.1 Å². The first-order chi connectivity index (χ1) is 11.7. The molecule has 2 aromatic rings. The Labute approximate surface area is 156 Å². The van der Waals surface area contributed by atoms with Gasteiger partial charge < -0.3 is 15.2 Å². The summed E-state index contributed by atoms with van der Waals surface area (Å²) in [5.41, 5.74) is 4.81. The van der Waals surface area contributed by atoms with Crippen LogP contribution in [0.25, 0.3) is 0 Å². The number of carboxylic acid groups (broad SMARTS) is 1. The molecule has 25 heavy (non-hydrogen) atoms. The Morgan fingerprint density at radius 3 is 2.28 bits per heavy atom. The summed E-state index contributed by atoms with van der Waals surface area (Å²) < 4.78 is 0.885. The molecule has 5 heteroatoms. The van der Waals surface area contributed by atoms with E-state index in [0.717, 1.165) is 26.7 Å². The van der Waals surface area contributed by atoms with Crippen LogP contribution in [0.15, 0.2) is 40.9 Å². The summed E-state index contributed by atoms with van der Waals surface area (Å²) in [7, 11) is 0. The summed E-state index contributed by atoms with van der Waals surface area (Å²) in [5.74, 6) is -2.24. The van der Waals surface area contributed by atoms with Crippen LogP contribution in [0, 0.1) is 26.7 Å². The molecule has 1 N–H and O–H groups in total. The lowest BCUT2D eigenvalue weighted by molar-refractivity contribution is -0.306. The van der Waals surface area contributed by atoms with Gasteiger partial charge in [-0.3, -0.25) is 4.79 Å². The van der Waals surface area contributed by atoms with Gasteiger partial charge in [-0.05, 0) is 56.9 Å². The molecule has 0 bridgehead atoms. The Kier molecular flexibility index (Phi) is 6.37. The van der Waals surface area contributed by atoms with Crippen LogP contribution < -0.4 is 10.4 Å². The fourth-order valence-corrected chi connectivity index (χ4v) is 3.22. The van der Waals surface area contributed by atoms with Crippen molar-refractivity contribution >= 4 is 33.5 Å². The van der Waals surface area contributed by atoms with E-state index in [1.54, 1.807) is 12.1 Å². The molecule has 0 unspecified atom stereocenters. The van der Waals surface area contributed by atoms with Crippen LogP contribution in [0.3, 0.4) is 0 Å². The average molecular weight is 403 g/mol. The van der Waals surface area contributed by atoms with Crippen molar-refractivity contribution in [2.75, 3.05) is 5.32 Å². The van der Waals surface area contributed by atoms with Crippen molar-refractivity contribution in [3.05, 3.63) is 63.1 Å². The summed E-state index contributed by atoms with van der Waals surface area (Å²) in [4.78, 5) is 23.7. The normalized spacial score (nSPS) is 11.8. The fraction of sp³-hybridized carbons (Fsp3) is 0.300. The largest absolute Gasteiger partial charge is 0.550 e. The molecule has 0 saturated carbocycles. The smallest absolute Gasteiger partial charge is 0.228 e. The molecule has 0 saturated heterocycles. The molecule has 1 atom stereocenters. The molecule has 0 aromatic heterocycles. The Bertz CT molecular complexity index is 781. The minimum absolute atomic E-state index is 0.314. The van der Waals surface area contributed by atoms with Crippen molar-refractivity contribution in [3.63, 3.8) is 0 Å². The standard InChI is InChI=1S/C20H22BrNO3/c1-12-6-13(2)8-15(7-12)9-16(10-19(23)24)20(25)22-17-5-4-14(3)18(21)11-17/h4-8,11,16H,9-10H2,1-3H3,(H,22,25)(H,23,24)/p-1/t16-/m0/s1. The summed E-state index contributed by atoms with van der Waals surface area (Å²) in [5, 5.41) is 13.9. The van der Waals surface area contributed by atoms with Gasteiger partial charge in [0.2, 0.25) is 5.91 Å². The third-order valence-electron chi connectivity index (χ3n) is 3.99. The number of rotatable bonds is 6. The fourth-order valence-electron chi connectivity index (χ4n) is 2.85. The van der Waals surface area contributed by atoms with Gasteiger partial charge in [-0.1, -0.05) is 51.3 Å². The molecule has 2 rings (SSSR count). The van der Waals surface area contributed by atoms with Crippen LogP contribution in [0.4, 0.5) is 5.69 Å². The maximum atomic E-state index is 12.6. The monoisotopic (exact) mass is 402 g/mol. The second-order valence-corrected chi connectivity index (χ2v) is 7.28. The molecular weight excluding hydrogens is 382 g/mol. The van der Waals surface area contributed by atoms with Crippen molar-refractivity contribution in [1.29, 1.82) is 0 Å². The lowest BCUT2D eigenvalue weighted by Gasteiger charge is -2.18. The number of benzene rings is 2. The number of aliphatic carboxylic acids is 1. The summed E-state index contributed by atoms with van der Waals surface area (Å²) in [6.07, 6.45) is 0.0429. The van der Waals surface area contributed by atoms with Gasteiger partial charge in [0.25, 0.3) is 0 Å². The summed E-state index contributed by atoms with van der Waals surface area (Å²) in [6, 6.07) is 11.5. The predicted molar refractivity (Wildman–Crippen MR) is 100 cm³/mol. The minimum Gasteiger partial charge on any atom is -0.550 e. The molecule has 0 aliphatic heterocycles. The number of hydrogen-bond acceptors (Lipinski definition) is 3. The van der Waals surface area contributed by atoms with E-state index in [-0.39, 0.29) is 12.3 Å². The number of carbonyl (C=O) groups excluding carboxylic acids is 2. The highest BCUT2D eigenvalue weighted by molar-refractivity contribution is 9.10. The molecule has 0 aliphatic carbocycles. The lowest BCUT2D eigenvalue weighted by atomic mass is 9.93. The van der Waals surface area contributed by atoms with Gasteiger partial charge in [0, 0.05) is 22.0 Å². The highest BCUT2D eigenvalue weighted by Crippen LogP contribution is 2.22. The topological polar surface area (TPSA) is 69.2 Å². The molecule has 0 fully saturated rings. The van der Waals surface area contributed by atoms with E-state index in [1.807, 2.05) is 45.0 Å². The number of amides is 1. The predicted octanol–water partition coefficient (Wildman–Crippen LogP) is 3.31. The molecular formula is C20H21BrNO3-. The summed E-state index contributed by atoms with van der Waals surface area (Å²) in [6.45, 7) is 5.91. The zero-order valence-electron chi connectivity index (χ0n) is 14.6. The number of anilines is 1. The Morgan fingerprint density at radius 1 is 1.08 bits per heavy atom. The first-order valence-electron chi connectivity index (χ1n) is 8.08. The van der Waals surface area contributed by atoms with Gasteiger partial charge >= 0.3 is 0 Å². The SMILES string of the molecule is Cc1cc(C)cc(C[C@@H](CC(=O)[O-])C(=O)Nc2ccc(C)c(Br)c2)c1. The van der Waals surface area contributed by atoms with E-state index < -0.39 is 11.9 Å². The first-order valence-corrected chi connectivity index (χ1v) is 8.88. The summed E-state index contributed by atoms with van der Waals surface area (Å²) >= 11 is 3.43. The number of carboxylic acids is 1. The molecule has 132 valence electrons. The molecule has 2 aromatic carbocycles. The maximum absolute atomic E-state index is 12.6. The van der Waals surface area contributed by atoms with Crippen molar-refractivity contribution in [2.24, 2.45) is 5.92 Å². The van der Waals surface area contributed by atoms with Crippen LogP contribution in [0.5, 0.6) is 0 Å². The minimum atomic E-state index is -1.23. The average Bonchev–Trinajstić information content (AvgIpc) is 2.49. The molecule has 0 aliphatic rings. The van der Waals surface area contributed by atoms with Gasteiger partial charge in [0.1, 0.15) is 0 Å². The molecule has 1 amide bonds. The van der Waals surface area contributed by atoms with E-state index in [2.05, 4.69) is 21.2 Å². The number of nitrogens with one attached hydrogen (secondary N) is 1. The quantitative estimate of drug-likeness (QED) is 0.805. The Morgan fingerprint density at radius 2 is 1.72 bits per heavy atom. The van der Waals surface area contributed by atoms with E-state index in [1.165, 1.54) is 0 Å². The highest BCUT2D eigenvalue weighted by Gasteiger charge is 2.20. The van der Waals surface area contributed by atoms with Gasteiger partial charge in [-0.2, -0.15) is 0 Å². The van der Waals surface area contributed by atoms with Crippen molar-refractivity contribution < 1.29 is 14.7 Å². The van der Waals surface area contributed by atoms with Crippen molar-refractivity contribution in [1.82, 2.24) is 0 Å². The van der Waals surface area contributed by atoms with E-state index >= 15 is 0 Å². The second-order valence-electron chi connectivity index (χ2n) is 6.43. The van der Waals surface area contributed by atoms with Crippen LogP contribution in [-0.4, -0.2) is 11.9 Å². The number of aryl methyl sites for hydroxylation is 3. The van der Waals surface area contributed by atoms with Crippen LogP contribution >= 0.6 is 15.9 Å². The number of halogens is 1. The van der Waals surface area contributed by atoms with E-state index in [9.17, 15) is 14.7 Å². The Balaban J connectivity index is 2.18. The highest BCUT2D eigenvalue weighted by atomic mass is 79.9. The van der Waals surface area contributed by atoms with Gasteiger partial charge in [0.05, 0.1) is 0 Å². The van der Waals surface area contributed by atoms with Crippen LogP contribution in [0.1, 0.15) is 28.7 Å². The maximum Gasteiger partial charge on any atom is 0.228 e. The third kappa shape index (κ3) is 5.71. The zero-order chi connectivity index (χ0) is 18.6. The number of carbonyl (C=O) groups is 2. The van der Waals surface area contributed by atoms with Gasteiger partial charge in [-0.15, -0.1) is 0 Å². The first kappa shape index (κ1) is 19.2. The molecule has 0 heterocycles. The third-order valence-corrected chi connectivity index (χ3v) is 4.84. The molecule has 0 radical (unpaired) electrons. The van der Waals surface area contributed by atoms with Crippen molar-refractivity contribution in [2.45, 2.75) is 33.6 Å². The second kappa shape index (κ2) is 8.30.